The molecule has 2 aromatic rings. The number of nitrogens with one attached hydrogen (secondary N) is 1. The highest BCUT2D eigenvalue weighted by Gasteiger charge is 2.29. The Morgan fingerprint density at radius 3 is 2.52 bits per heavy atom. The van der Waals surface area contributed by atoms with Crippen molar-refractivity contribution in [1.29, 1.82) is 0 Å². The summed E-state index contributed by atoms with van der Waals surface area (Å²) in [5.74, 6) is -0.198. The van der Waals surface area contributed by atoms with Gasteiger partial charge < -0.3 is 15.1 Å². The van der Waals surface area contributed by atoms with E-state index in [4.69, 9.17) is 11.6 Å². The SMILES string of the molecule is CN(C)C(=O)c1cccc(C(=O)N2CCNCC2c2cccc(Cl)c2)c1.Cl. The summed E-state index contributed by atoms with van der Waals surface area (Å²) in [6.45, 7) is 2.00. The highest BCUT2D eigenvalue weighted by molar-refractivity contribution is 6.30. The first kappa shape index (κ1) is 21.2. The molecule has 2 amide bonds. The highest BCUT2D eigenvalue weighted by Crippen LogP contribution is 2.26. The maximum atomic E-state index is 13.2. The molecule has 1 aliphatic heterocycles. The molecule has 2 aromatic carbocycles. The Morgan fingerprint density at radius 2 is 1.81 bits per heavy atom. The quantitative estimate of drug-likeness (QED) is 0.849. The molecule has 0 aromatic heterocycles. The van der Waals surface area contributed by atoms with E-state index in [9.17, 15) is 9.59 Å². The predicted molar refractivity (Wildman–Crippen MR) is 110 cm³/mol. The fourth-order valence-electron chi connectivity index (χ4n) is 3.17. The zero-order chi connectivity index (χ0) is 18.7. The van der Waals surface area contributed by atoms with Crippen LogP contribution in [0.1, 0.15) is 32.3 Å². The maximum absolute atomic E-state index is 13.2. The van der Waals surface area contributed by atoms with Crippen LogP contribution in [-0.4, -0.2) is 55.3 Å². The van der Waals surface area contributed by atoms with Crippen LogP contribution in [0.3, 0.4) is 0 Å². The van der Waals surface area contributed by atoms with Gasteiger partial charge in [-0.25, -0.2) is 0 Å². The van der Waals surface area contributed by atoms with E-state index in [0.717, 1.165) is 12.1 Å². The van der Waals surface area contributed by atoms with Crippen LogP contribution in [0.4, 0.5) is 0 Å². The molecule has 1 saturated heterocycles. The molecule has 0 radical (unpaired) electrons. The van der Waals surface area contributed by atoms with E-state index in [1.807, 2.05) is 29.2 Å². The molecule has 1 unspecified atom stereocenters. The van der Waals surface area contributed by atoms with Gasteiger partial charge in [0, 0.05) is 49.9 Å². The lowest BCUT2D eigenvalue weighted by molar-refractivity contribution is 0.0634. The minimum Gasteiger partial charge on any atom is -0.345 e. The van der Waals surface area contributed by atoms with Gasteiger partial charge in [-0.1, -0.05) is 29.8 Å². The van der Waals surface area contributed by atoms with Gasteiger partial charge >= 0.3 is 0 Å². The van der Waals surface area contributed by atoms with Crippen molar-refractivity contribution < 1.29 is 9.59 Å². The predicted octanol–water partition coefficient (Wildman–Crippen LogP) is 3.25. The van der Waals surface area contributed by atoms with Gasteiger partial charge in [-0.2, -0.15) is 0 Å². The average molecular weight is 408 g/mol. The largest absolute Gasteiger partial charge is 0.345 e. The third kappa shape index (κ3) is 4.80. The van der Waals surface area contributed by atoms with Gasteiger partial charge in [-0.3, -0.25) is 9.59 Å². The first-order chi connectivity index (χ1) is 12.5. The van der Waals surface area contributed by atoms with Crippen molar-refractivity contribution in [3.05, 3.63) is 70.2 Å². The van der Waals surface area contributed by atoms with Crippen molar-refractivity contribution in [3.8, 4) is 0 Å². The van der Waals surface area contributed by atoms with Crippen molar-refractivity contribution in [2.24, 2.45) is 0 Å². The third-order valence-electron chi connectivity index (χ3n) is 4.50. The van der Waals surface area contributed by atoms with Crippen molar-refractivity contribution in [2.75, 3.05) is 33.7 Å². The van der Waals surface area contributed by atoms with E-state index in [2.05, 4.69) is 5.32 Å². The topological polar surface area (TPSA) is 52.7 Å². The molecule has 144 valence electrons. The van der Waals surface area contributed by atoms with Crippen molar-refractivity contribution >= 4 is 35.8 Å². The maximum Gasteiger partial charge on any atom is 0.254 e. The molecule has 1 N–H and O–H groups in total. The molecule has 0 saturated carbocycles. The molecule has 0 spiro atoms. The Bertz CT molecular complexity index is 826. The summed E-state index contributed by atoms with van der Waals surface area (Å²) in [7, 11) is 3.39. The summed E-state index contributed by atoms with van der Waals surface area (Å²) in [6, 6.07) is 14.4. The van der Waals surface area contributed by atoms with Crippen LogP contribution in [0.15, 0.2) is 48.5 Å². The number of halogens is 2. The molecule has 0 bridgehead atoms. The zero-order valence-electron chi connectivity index (χ0n) is 15.3. The second-order valence-corrected chi connectivity index (χ2v) is 6.99. The van der Waals surface area contributed by atoms with Gasteiger partial charge in [0.25, 0.3) is 11.8 Å². The number of piperazine rings is 1. The summed E-state index contributed by atoms with van der Waals surface area (Å²) in [5, 5.41) is 3.99. The summed E-state index contributed by atoms with van der Waals surface area (Å²) >= 11 is 6.13. The van der Waals surface area contributed by atoms with E-state index in [-0.39, 0.29) is 30.3 Å². The first-order valence-electron chi connectivity index (χ1n) is 8.56. The lowest BCUT2D eigenvalue weighted by Gasteiger charge is -2.36. The zero-order valence-corrected chi connectivity index (χ0v) is 16.9. The minimum absolute atomic E-state index is 0. The molecular weight excluding hydrogens is 385 g/mol. The summed E-state index contributed by atoms with van der Waals surface area (Å²) in [5.41, 5.74) is 2.03. The van der Waals surface area contributed by atoms with E-state index in [1.54, 1.807) is 38.4 Å². The number of carbonyl (C=O) groups excluding carboxylic acids is 2. The van der Waals surface area contributed by atoms with Crippen LogP contribution >= 0.6 is 24.0 Å². The fraction of sp³-hybridized carbons (Fsp3) is 0.300. The van der Waals surface area contributed by atoms with Crippen LogP contribution < -0.4 is 5.32 Å². The van der Waals surface area contributed by atoms with E-state index >= 15 is 0 Å². The van der Waals surface area contributed by atoms with Crippen LogP contribution in [0.5, 0.6) is 0 Å². The van der Waals surface area contributed by atoms with E-state index in [1.165, 1.54) is 4.90 Å². The molecule has 1 atom stereocenters. The number of rotatable bonds is 3. The van der Waals surface area contributed by atoms with Crippen LogP contribution in [0, 0.1) is 0 Å². The molecule has 1 heterocycles. The lowest BCUT2D eigenvalue weighted by atomic mass is 10.0. The van der Waals surface area contributed by atoms with Crippen molar-refractivity contribution in [1.82, 2.24) is 15.1 Å². The third-order valence-corrected chi connectivity index (χ3v) is 4.74. The van der Waals surface area contributed by atoms with Gasteiger partial charge in [-0.05, 0) is 35.9 Å². The van der Waals surface area contributed by atoms with Gasteiger partial charge in [0.1, 0.15) is 0 Å². The first-order valence-corrected chi connectivity index (χ1v) is 8.94. The van der Waals surface area contributed by atoms with Gasteiger partial charge in [0.05, 0.1) is 6.04 Å². The number of hydrogen-bond donors (Lipinski definition) is 1. The second kappa shape index (κ2) is 9.22. The average Bonchev–Trinajstić information content (AvgIpc) is 2.67. The number of hydrogen-bond acceptors (Lipinski definition) is 3. The Morgan fingerprint density at radius 1 is 1.11 bits per heavy atom. The van der Waals surface area contributed by atoms with Crippen LogP contribution in [-0.2, 0) is 0 Å². The standard InChI is InChI=1S/C20H22ClN3O2.ClH/c1-23(2)19(25)15-6-3-7-16(11-15)20(26)24-10-9-22-13-18(24)14-5-4-8-17(21)12-14;/h3-8,11-12,18,22H,9-10,13H2,1-2H3;1H. The molecule has 27 heavy (non-hydrogen) atoms. The number of nitrogens with zero attached hydrogens (tertiary/aromatic N) is 2. The molecule has 3 rings (SSSR count). The monoisotopic (exact) mass is 407 g/mol. The Hall–Kier alpha value is -2.08. The van der Waals surface area contributed by atoms with Crippen LogP contribution in [0.25, 0.3) is 0 Å². The number of carbonyl (C=O) groups is 2. The molecule has 0 aliphatic carbocycles. The summed E-state index contributed by atoms with van der Waals surface area (Å²) in [4.78, 5) is 28.7. The number of benzene rings is 2. The van der Waals surface area contributed by atoms with Gasteiger partial charge in [0.15, 0.2) is 0 Å². The fourth-order valence-corrected chi connectivity index (χ4v) is 3.37. The van der Waals surface area contributed by atoms with E-state index in [0.29, 0.717) is 29.2 Å². The summed E-state index contributed by atoms with van der Waals surface area (Å²) in [6.07, 6.45) is 0. The lowest BCUT2D eigenvalue weighted by Crippen LogP contribution is -2.48. The summed E-state index contributed by atoms with van der Waals surface area (Å²) < 4.78 is 0. The van der Waals surface area contributed by atoms with E-state index < -0.39 is 0 Å². The second-order valence-electron chi connectivity index (χ2n) is 6.55. The Labute approximate surface area is 170 Å². The van der Waals surface area contributed by atoms with Crippen molar-refractivity contribution in [2.45, 2.75) is 6.04 Å². The number of amides is 2. The molecule has 5 nitrogen and oxygen atoms in total. The molecule has 7 heteroatoms. The normalized spacial score (nSPS) is 16.4. The smallest absolute Gasteiger partial charge is 0.254 e. The Kier molecular flexibility index (Phi) is 7.25. The van der Waals surface area contributed by atoms with Gasteiger partial charge in [0.2, 0.25) is 0 Å². The molecular formula is C20H23Cl2N3O2. The minimum atomic E-state index is -0.119. The molecule has 1 aliphatic rings. The van der Waals surface area contributed by atoms with Gasteiger partial charge in [-0.15, -0.1) is 12.4 Å². The van der Waals surface area contributed by atoms with Crippen molar-refractivity contribution in [3.63, 3.8) is 0 Å². The highest BCUT2D eigenvalue weighted by atomic mass is 35.5. The van der Waals surface area contributed by atoms with Crippen LogP contribution in [0.2, 0.25) is 5.02 Å². The Balaban J connectivity index is 0.00000261. The molecule has 1 fully saturated rings.